The summed E-state index contributed by atoms with van der Waals surface area (Å²) in [6.45, 7) is 7.11. The maximum atomic E-state index is 11.0. The zero-order chi connectivity index (χ0) is 12.3. The topological polar surface area (TPSA) is 58.9 Å². The average molecular weight is 225 g/mol. The number of ether oxygens (including phenoxy) is 1. The number of carbonyl (C=O) groups excluding carboxylic acids is 1. The second-order valence-corrected chi connectivity index (χ2v) is 4.77. The Morgan fingerprint density at radius 3 is 2.75 bits per heavy atom. The molecule has 4 heteroatoms. The predicted octanol–water partition coefficient (Wildman–Crippen LogP) is 2.51. The van der Waals surface area contributed by atoms with Gasteiger partial charge in [0.1, 0.15) is 5.60 Å². The molecule has 0 saturated carbocycles. The van der Waals surface area contributed by atoms with E-state index in [1.165, 1.54) is 6.92 Å². The number of nitrogens with zero attached hydrogens (tertiary/aromatic N) is 1. The molecule has 1 aliphatic rings. The normalized spacial score (nSPS) is 24.1. The number of rotatable bonds is 2. The van der Waals surface area contributed by atoms with E-state index in [4.69, 9.17) is 9.94 Å². The SMILES string of the molecule is CC(=O)OC(C)(C)C1CC=C(C)C(=NO)C1. The third-order valence-corrected chi connectivity index (χ3v) is 3.11. The summed E-state index contributed by atoms with van der Waals surface area (Å²) in [5.74, 6) is -0.121. The first-order valence-electron chi connectivity index (χ1n) is 5.44. The van der Waals surface area contributed by atoms with Crippen molar-refractivity contribution in [2.75, 3.05) is 0 Å². The van der Waals surface area contributed by atoms with Gasteiger partial charge in [-0.05, 0) is 32.8 Å². The van der Waals surface area contributed by atoms with E-state index in [2.05, 4.69) is 5.16 Å². The third kappa shape index (κ3) is 2.84. The van der Waals surface area contributed by atoms with Gasteiger partial charge < -0.3 is 9.94 Å². The van der Waals surface area contributed by atoms with Crippen LogP contribution in [0.4, 0.5) is 0 Å². The van der Waals surface area contributed by atoms with E-state index in [1.807, 2.05) is 26.8 Å². The minimum absolute atomic E-state index is 0.158. The van der Waals surface area contributed by atoms with Gasteiger partial charge in [-0.1, -0.05) is 11.2 Å². The van der Waals surface area contributed by atoms with E-state index < -0.39 is 5.60 Å². The van der Waals surface area contributed by atoms with Gasteiger partial charge in [0.05, 0.1) is 5.71 Å². The quantitative estimate of drug-likeness (QED) is 0.446. The lowest BCUT2D eigenvalue weighted by Crippen LogP contribution is -2.38. The highest BCUT2D eigenvalue weighted by atomic mass is 16.6. The van der Waals surface area contributed by atoms with Crippen LogP contribution in [0.2, 0.25) is 0 Å². The summed E-state index contributed by atoms with van der Waals surface area (Å²) < 4.78 is 5.30. The average Bonchev–Trinajstić information content (AvgIpc) is 2.16. The lowest BCUT2D eigenvalue weighted by atomic mass is 9.78. The van der Waals surface area contributed by atoms with Gasteiger partial charge in [0.2, 0.25) is 0 Å². The summed E-state index contributed by atoms with van der Waals surface area (Å²) in [6, 6.07) is 0. The third-order valence-electron chi connectivity index (χ3n) is 3.11. The fraction of sp³-hybridized carbons (Fsp3) is 0.667. The summed E-state index contributed by atoms with van der Waals surface area (Å²) in [6.07, 6.45) is 3.50. The Balaban J connectivity index is 2.81. The molecule has 0 saturated heterocycles. The first-order chi connectivity index (χ1) is 7.36. The van der Waals surface area contributed by atoms with Crippen LogP contribution < -0.4 is 0 Å². The van der Waals surface area contributed by atoms with E-state index in [0.717, 1.165) is 12.0 Å². The predicted molar refractivity (Wildman–Crippen MR) is 61.5 cm³/mol. The van der Waals surface area contributed by atoms with Gasteiger partial charge in [0.25, 0.3) is 0 Å². The molecule has 90 valence electrons. The Labute approximate surface area is 96.0 Å². The van der Waals surface area contributed by atoms with Crippen molar-refractivity contribution in [3.05, 3.63) is 11.6 Å². The standard InChI is InChI=1S/C12H19NO3/c1-8-5-6-10(7-11(8)13-15)12(3,4)16-9(2)14/h5,10,15H,6-7H2,1-4H3. The fourth-order valence-electron chi connectivity index (χ4n) is 2.02. The number of allylic oxidation sites excluding steroid dienone is 2. The van der Waals surface area contributed by atoms with Gasteiger partial charge in [0.15, 0.2) is 0 Å². The molecule has 0 aliphatic heterocycles. The smallest absolute Gasteiger partial charge is 0.303 e. The molecule has 1 unspecified atom stereocenters. The highest BCUT2D eigenvalue weighted by Gasteiger charge is 2.35. The molecule has 0 amide bonds. The monoisotopic (exact) mass is 225 g/mol. The van der Waals surface area contributed by atoms with E-state index in [-0.39, 0.29) is 11.9 Å². The molecule has 1 aliphatic carbocycles. The number of oxime groups is 1. The molecule has 0 heterocycles. The fourth-order valence-corrected chi connectivity index (χ4v) is 2.02. The van der Waals surface area contributed by atoms with Crippen LogP contribution in [0.15, 0.2) is 16.8 Å². The second-order valence-electron chi connectivity index (χ2n) is 4.77. The Morgan fingerprint density at radius 2 is 2.25 bits per heavy atom. The molecule has 0 aromatic rings. The summed E-state index contributed by atoms with van der Waals surface area (Å²) in [5.41, 5.74) is 1.15. The van der Waals surface area contributed by atoms with Gasteiger partial charge in [-0.15, -0.1) is 0 Å². The molecular formula is C12H19NO3. The van der Waals surface area contributed by atoms with Crippen LogP contribution in [-0.4, -0.2) is 22.5 Å². The summed E-state index contributed by atoms with van der Waals surface area (Å²) >= 11 is 0. The van der Waals surface area contributed by atoms with Crippen molar-refractivity contribution in [2.24, 2.45) is 11.1 Å². The van der Waals surface area contributed by atoms with Crippen molar-refractivity contribution >= 4 is 11.7 Å². The van der Waals surface area contributed by atoms with Crippen molar-refractivity contribution in [1.29, 1.82) is 0 Å². The number of carbonyl (C=O) groups is 1. The molecule has 0 fully saturated rings. The molecule has 0 bridgehead atoms. The molecule has 0 radical (unpaired) electrons. The highest BCUT2D eigenvalue weighted by molar-refractivity contribution is 6.00. The van der Waals surface area contributed by atoms with Crippen LogP contribution in [0.1, 0.15) is 40.5 Å². The van der Waals surface area contributed by atoms with Crippen LogP contribution in [0.5, 0.6) is 0 Å². The van der Waals surface area contributed by atoms with Crippen molar-refractivity contribution in [1.82, 2.24) is 0 Å². The molecule has 0 aromatic heterocycles. The summed E-state index contributed by atoms with van der Waals surface area (Å²) in [4.78, 5) is 11.0. The highest BCUT2D eigenvalue weighted by Crippen LogP contribution is 2.33. The van der Waals surface area contributed by atoms with Crippen LogP contribution in [0.25, 0.3) is 0 Å². The minimum atomic E-state index is -0.529. The molecule has 16 heavy (non-hydrogen) atoms. The van der Waals surface area contributed by atoms with Gasteiger partial charge in [-0.3, -0.25) is 4.79 Å². The molecule has 1 atom stereocenters. The molecule has 0 spiro atoms. The van der Waals surface area contributed by atoms with Gasteiger partial charge in [0, 0.05) is 19.3 Å². The Hall–Kier alpha value is -1.32. The summed E-state index contributed by atoms with van der Waals surface area (Å²) in [7, 11) is 0. The Bertz CT molecular complexity index is 342. The van der Waals surface area contributed by atoms with Crippen LogP contribution in [0.3, 0.4) is 0 Å². The maximum Gasteiger partial charge on any atom is 0.303 e. The summed E-state index contributed by atoms with van der Waals surface area (Å²) in [5, 5.41) is 12.1. The van der Waals surface area contributed by atoms with E-state index >= 15 is 0 Å². The Kier molecular flexibility index (Phi) is 3.73. The molecule has 1 N–H and O–H groups in total. The van der Waals surface area contributed by atoms with Gasteiger partial charge in [-0.25, -0.2) is 0 Å². The lowest BCUT2D eigenvalue weighted by Gasteiger charge is -2.35. The zero-order valence-electron chi connectivity index (χ0n) is 10.3. The molecular weight excluding hydrogens is 206 g/mol. The van der Waals surface area contributed by atoms with Gasteiger partial charge >= 0.3 is 5.97 Å². The zero-order valence-corrected chi connectivity index (χ0v) is 10.3. The molecule has 4 nitrogen and oxygen atoms in total. The number of hydrogen-bond acceptors (Lipinski definition) is 4. The van der Waals surface area contributed by atoms with Crippen molar-refractivity contribution < 1.29 is 14.7 Å². The minimum Gasteiger partial charge on any atom is -0.460 e. The van der Waals surface area contributed by atoms with Gasteiger partial charge in [-0.2, -0.15) is 0 Å². The maximum absolute atomic E-state index is 11.0. The lowest BCUT2D eigenvalue weighted by molar-refractivity contribution is -0.158. The van der Waals surface area contributed by atoms with Crippen molar-refractivity contribution in [2.45, 2.75) is 46.1 Å². The van der Waals surface area contributed by atoms with E-state index in [9.17, 15) is 4.79 Å². The van der Waals surface area contributed by atoms with Crippen molar-refractivity contribution in [3.8, 4) is 0 Å². The van der Waals surface area contributed by atoms with Crippen LogP contribution >= 0.6 is 0 Å². The number of esters is 1. The van der Waals surface area contributed by atoms with E-state index in [0.29, 0.717) is 12.1 Å². The first-order valence-corrected chi connectivity index (χ1v) is 5.44. The molecule has 1 rings (SSSR count). The Morgan fingerprint density at radius 1 is 1.62 bits per heavy atom. The second kappa shape index (κ2) is 4.68. The van der Waals surface area contributed by atoms with Crippen LogP contribution in [0, 0.1) is 5.92 Å². The van der Waals surface area contributed by atoms with Crippen LogP contribution in [-0.2, 0) is 9.53 Å². The number of hydrogen-bond donors (Lipinski definition) is 1. The largest absolute Gasteiger partial charge is 0.460 e. The van der Waals surface area contributed by atoms with Crippen molar-refractivity contribution in [3.63, 3.8) is 0 Å². The molecule has 0 aromatic carbocycles. The van der Waals surface area contributed by atoms with E-state index in [1.54, 1.807) is 0 Å². The first kappa shape index (κ1) is 12.7.